The van der Waals surface area contributed by atoms with Gasteiger partial charge in [-0.2, -0.15) is 9.50 Å². The lowest BCUT2D eigenvalue weighted by Crippen LogP contribution is -2.18. The van der Waals surface area contributed by atoms with E-state index in [9.17, 15) is 9.59 Å². The molecule has 0 aliphatic heterocycles. The quantitative estimate of drug-likeness (QED) is 0.771. The summed E-state index contributed by atoms with van der Waals surface area (Å²) in [5, 5.41) is 7.02. The summed E-state index contributed by atoms with van der Waals surface area (Å²) in [6, 6.07) is 10.0. The molecule has 0 bridgehead atoms. The maximum absolute atomic E-state index is 12.2. The number of nitrogens with zero attached hydrogens (tertiary/aromatic N) is 3. The van der Waals surface area contributed by atoms with Gasteiger partial charge in [-0.25, -0.2) is 0 Å². The Kier molecular flexibility index (Phi) is 3.46. The van der Waals surface area contributed by atoms with E-state index in [1.54, 1.807) is 24.3 Å². The molecular weight excluding hydrogens is 282 g/mol. The number of benzene rings is 1. The number of aromatic nitrogens is 4. The summed E-state index contributed by atoms with van der Waals surface area (Å²) in [7, 11) is 0. The van der Waals surface area contributed by atoms with Crippen molar-refractivity contribution in [2.75, 3.05) is 5.32 Å². The first-order valence-electron chi connectivity index (χ1n) is 6.91. The Balaban J connectivity index is 2.03. The van der Waals surface area contributed by atoms with Crippen LogP contribution in [0.3, 0.4) is 0 Å². The average molecular weight is 297 g/mol. The number of carbonyl (C=O) groups is 1. The molecular formula is C15H15N5O2. The molecule has 7 nitrogen and oxygen atoms in total. The zero-order valence-electron chi connectivity index (χ0n) is 12.2. The van der Waals surface area contributed by atoms with E-state index in [-0.39, 0.29) is 23.2 Å². The molecule has 0 unspecified atom stereocenters. The molecule has 1 amide bonds. The Hall–Kier alpha value is -2.96. The SMILES string of the molecule is CC(C)c1nc2[nH]c(=O)cc(NC(=O)c3ccccc3)n2n1. The molecule has 0 aliphatic rings. The first kappa shape index (κ1) is 14.0. The van der Waals surface area contributed by atoms with Gasteiger partial charge in [0.1, 0.15) is 5.82 Å². The largest absolute Gasteiger partial charge is 0.306 e. The first-order chi connectivity index (χ1) is 10.5. The van der Waals surface area contributed by atoms with E-state index < -0.39 is 0 Å². The van der Waals surface area contributed by atoms with E-state index >= 15 is 0 Å². The number of amides is 1. The molecule has 0 fully saturated rings. The van der Waals surface area contributed by atoms with Gasteiger partial charge in [0.2, 0.25) is 5.78 Å². The number of carbonyl (C=O) groups excluding carboxylic acids is 1. The van der Waals surface area contributed by atoms with Crippen LogP contribution >= 0.6 is 0 Å². The van der Waals surface area contributed by atoms with Crippen molar-refractivity contribution < 1.29 is 4.79 Å². The Bertz CT molecular complexity index is 880. The van der Waals surface area contributed by atoms with Gasteiger partial charge in [-0.3, -0.25) is 14.6 Å². The molecule has 0 spiro atoms. The number of hydrogen-bond acceptors (Lipinski definition) is 4. The van der Waals surface area contributed by atoms with Gasteiger partial charge in [-0.1, -0.05) is 32.0 Å². The number of nitrogens with one attached hydrogen (secondary N) is 2. The van der Waals surface area contributed by atoms with Crippen LogP contribution < -0.4 is 10.9 Å². The second-order valence-corrected chi connectivity index (χ2v) is 5.20. The minimum absolute atomic E-state index is 0.112. The number of anilines is 1. The van der Waals surface area contributed by atoms with Crippen LogP contribution in [0, 0.1) is 0 Å². The van der Waals surface area contributed by atoms with Crippen molar-refractivity contribution in [3.63, 3.8) is 0 Å². The maximum Gasteiger partial charge on any atom is 0.256 e. The molecule has 0 saturated carbocycles. The van der Waals surface area contributed by atoms with Crippen molar-refractivity contribution in [3.8, 4) is 0 Å². The topological polar surface area (TPSA) is 92.1 Å². The Morgan fingerprint density at radius 2 is 2.00 bits per heavy atom. The van der Waals surface area contributed by atoms with Gasteiger partial charge >= 0.3 is 0 Å². The molecule has 0 radical (unpaired) electrons. The van der Waals surface area contributed by atoms with Crippen molar-refractivity contribution in [3.05, 3.63) is 58.1 Å². The van der Waals surface area contributed by atoms with Crippen LogP contribution in [0.5, 0.6) is 0 Å². The van der Waals surface area contributed by atoms with Gasteiger partial charge in [0, 0.05) is 17.5 Å². The van der Waals surface area contributed by atoms with Crippen LogP contribution in [-0.4, -0.2) is 25.5 Å². The van der Waals surface area contributed by atoms with E-state index in [0.717, 1.165) is 0 Å². The highest BCUT2D eigenvalue weighted by Gasteiger charge is 2.14. The maximum atomic E-state index is 12.2. The highest BCUT2D eigenvalue weighted by molar-refractivity contribution is 6.03. The Morgan fingerprint density at radius 1 is 1.27 bits per heavy atom. The van der Waals surface area contributed by atoms with Crippen molar-refractivity contribution >= 4 is 17.5 Å². The fourth-order valence-electron chi connectivity index (χ4n) is 2.02. The fraction of sp³-hybridized carbons (Fsp3) is 0.200. The summed E-state index contributed by atoms with van der Waals surface area (Å²) in [5.41, 5.74) is 0.152. The lowest BCUT2D eigenvalue weighted by Gasteiger charge is -2.06. The second kappa shape index (κ2) is 5.44. The molecule has 2 aromatic heterocycles. The summed E-state index contributed by atoms with van der Waals surface area (Å²) in [6.45, 7) is 3.91. The van der Waals surface area contributed by atoms with Gasteiger partial charge < -0.3 is 5.32 Å². The predicted molar refractivity (Wildman–Crippen MR) is 82.1 cm³/mol. The summed E-state index contributed by atoms with van der Waals surface area (Å²) in [5.74, 6) is 0.985. The minimum atomic E-state index is -0.349. The van der Waals surface area contributed by atoms with E-state index in [4.69, 9.17) is 0 Å². The third-order valence-corrected chi connectivity index (χ3v) is 3.15. The molecule has 7 heteroatoms. The summed E-state index contributed by atoms with van der Waals surface area (Å²) < 4.78 is 1.43. The van der Waals surface area contributed by atoms with Crippen LogP contribution in [0.25, 0.3) is 5.78 Å². The second-order valence-electron chi connectivity index (χ2n) is 5.20. The van der Waals surface area contributed by atoms with Crippen molar-refractivity contribution in [1.29, 1.82) is 0 Å². The third kappa shape index (κ3) is 2.60. The van der Waals surface area contributed by atoms with Crippen molar-refractivity contribution in [1.82, 2.24) is 19.6 Å². The number of rotatable bonds is 3. The molecule has 2 heterocycles. The van der Waals surface area contributed by atoms with Gasteiger partial charge in [0.15, 0.2) is 5.82 Å². The van der Waals surface area contributed by atoms with Crippen molar-refractivity contribution in [2.24, 2.45) is 0 Å². The number of hydrogen-bond donors (Lipinski definition) is 2. The molecule has 0 aliphatic carbocycles. The summed E-state index contributed by atoms with van der Waals surface area (Å²) in [4.78, 5) is 30.8. The molecule has 112 valence electrons. The van der Waals surface area contributed by atoms with Gasteiger partial charge in [0.05, 0.1) is 0 Å². The number of H-pyrrole nitrogens is 1. The molecule has 2 N–H and O–H groups in total. The standard InChI is InChI=1S/C15H15N5O2/c1-9(2)13-18-15-17-12(21)8-11(20(15)19-13)16-14(22)10-6-4-3-5-7-10/h3-9H,1-2H3,(H,16,22)(H,17,18,19,21). The number of fused-ring (bicyclic) bond motifs is 1. The third-order valence-electron chi connectivity index (χ3n) is 3.15. The zero-order valence-corrected chi connectivity index (χ0v) is 12.2. The zero-order chi connectivity index (χ0) is 15.7. The molecule has 3 aromatic rings. The molecule has 3 rings (SSSR count). The van der Waals surface area contributed by atoms with E-state index in [0.29, 0.717) is 17.2 Å². The Labute approximate surface area is 126 Å². The first-order valence-corrected chi connectivity index (χ1v) is 6.91. The molecule has 22 heavy (non-hydrogen) atoms. The predicted octanol–water partition coefficient (Wildman–Crippen LogP) is 1.79. The normalized spacial score (nSPS) is 11.0. The van der Waals surface area contributed by atoms with Gasteiger partial charge in [-0.15, -0.1) is 5.10 Å². The fourth-order valence-corrected chi connectivity index (χ4v) is 2.02. The van der Waals surface area contributed by atoms with Crippen molar-refractivity contribution in [2.45, 2.75) is 19.8 Å². The Morgan fingerprint density at radius 3 is 2.68 bits per heavy atom. The molecule has 1 aromatic carbocycles. The van der Waals surface area contributed by atoms with Crippen LogP contribution in [0.2, 0.25) is 0 Å². The van der Waals surface area contributed by atoms with E-state index in [1.165, 1.54) is 10.6 Å². The van der Waals surface area contributed by atoms with E-state index in [1.807, 2.05) is 19.9 Å². The van der Waals surface area contributed by atoms with Crippen LogP contribution in [0.4, 0.5) is 5.82 Å². The summed E-state index contributed by atoms with van der Waals surface area (Å²) >= 11 is 0. The highest BCUT2D eigenvalue weighted by atomic mass is 16.2. The lowest BCUT2D eigenvalue weighted by atomic mass is 10.2. The van der Waals surface area contributed by atoms with Crippen LogP contribution in [-0.2, 0) is 0 Å². The molecule has 0 atom stereocenters. The lowest BCUT2D eigenvalue weighted by molar-refractivity contribution is 0.102. The van der Waals surface area contributed by atoms with Crippen LogP contribution in [0.1, 0.15) is 35.9 Å². The monoisotopic (exact) mass is 297 g/mol. The minimum Gasteiger partial charge on any atom is -0.306 e. The summed E-state index contributed by atoms with van der Waals surface area (Å²) in [6.07, 6.45) is 0. The van der Waals surface area contributed by atoms with Crippen LogP contribution in [0.15, 0.2) is 41.2 Å². The molecule has 0 saturated heterocycles. The smallest absolute Gasteiger partial charge is 0.256 e. The average Bonchev–Trinajstić information content (AvgIpc) is 2.92. The van der Waals surface area contributed by atoms with Gasteiger partial charge in [0.25, 0.3) is 11.5 Å². The number of aromatic amines is 1. The highest BCUT2D eigenvalue weighted by Crippen LogP contribution is 2.13. The van der Waals surface area contributed by atoms with E-state index in [2.05, 4.69) is 20.4 Å². The van der Waals surface area contributed by atoms with Gasteiger partial charge in [-0.05, 0) is 12.1 Å².